The van der Waals surface area contributed by atoms with Gasteiger partial charge in [-0.25, -0.2) is 4.98 Å². The summed E-state index contributed by atoms with van der Waals surface area (Å²) in [6.07, 6.45) is 0.172. The van der Waals surface area contributed by atoms with Gasteiger partial charge in [0.2, 0.25) is 17.7 Å². The molecular weight excluding hydrogens is 809 g/mol. The van der Waals surface area contributed by atoms with E-state index in [1.807, 2.05) is 32.0 Å². The van der Waals surface area contributed by atoms with Gasteiger partial charge in [-0.1, -0.05) is 13.0 Å². The number of nitrogens with zero attached hydrogens (tertiary/aromatic N) is 5. The molecule has 0 saturated carbocycles. The first-order valence-corrected chi connectivity index (χ1v) is 19.8. The lowest BCUT2D eigenvalue weighted by Crippen LogP contribution is -2.47. The van der Waals surface area contributed by atoms with E-state index >= 15 is 0 Å². The summed E-state index contributed by atoms with van der Waals surface area (Å²) in [5.74, 6) is -0.138. The van der Waals surface area contributed by atoms with Crippen molar-refractivity contribution in [2.24, 2.45) is 5.92 Å². The summed E-state index contributed by atoms with van der Waals surface area (Å²) in [6.45, 7) is 9.24. The van der Waals surface area contributed by atoms with Crippen LogP contribution < -0.4 is 30.5 Å². The van der Waals surface area contributed by atoms with E-state index in [2.05, 4.69) is 25.8 Å². The van der Waals surface area contributed by atoms with E-state index in [0.29, 0.717) is 48.2 Å². The van der Waals surface area contributed by atoms with Gasteiger partial charge in [-0.3, -0.25) is 34.3 Å². The van der Waals surface area contributed by atoms with Crippen molar-refractivity contribution in [2.75, 3.05) is 40.1 Å². The van der Waals surface area contributed by atoms with Crippen LogP contribution in [0.5, 0.6) is 5.75 Å². The molecule has 59 heavy (non-hydrogen) atoms. The number of hydrogen-bond acceptors (Lipinski definition) is 11. The largest absolute Gasteiger partial charge is 0.493 e. The Morgan fingerprint density at radius 3 is 2.46 bits per heavy atom. The molecule has 0 radical (unpaired) electrons. The number of hydrogen-bond donors (Lipinski definition) is 4. The number of rotatable bonds is 12. The molecule has 3 aromatic rings. The topological polar surface area (TPSA) is 160 Å². The van der Waals surface area contributed by atoms with Crippen molar-refractivity contribution in [3.63, 3.8) is 0 Å². The Kier molecular flexibility index (Phi) is 14.1. The van der Waals surface area contributed by atoms with Gasteiger partial charge in [-0.15, -0.1) is 25.0 Å². The van der Waals surface area contributed by atoms with Crippen LogP contribution in [0.1, 0.15) is 76.6 Å². The number of likely N-dealkylation sites (tertiary alicyclic amines) is 1. The number of pyridine rings is 1. The number of carbonyl (C=O) groups is 4. The number of ether oxygens (including phenoxy) is 1. The third-order valence-electron chi connectivity index (χ3n) is 11.1. The molecule has 18 heteroatoms. The number of piperidine rings is 2. The molecule has 3 aliphatic heterocycles. The number of amides is 4. The summed E-state index contributed by atoms with van der Waals surface area (Å²) in [7, 11) is 0. The Morgan fingerprint density at radius 1 is 1.08 bits per heavy atom. The minimum Gasteiger partial charge on any atom is -0.493 e. The minimum absolute atomic E-state index is 0. The summed E-state index contributed by atoms with van der Waals surface area (Å²) < 4.78 is 47.5. The van der Waals surface area contributed by atoms with Gasteiger partial charge in [-0.2, -0.15) is 18.4 Å². The summed E-state index contributed by atoms with van der Waals surface area (Å²) in [6, 6.07) is 14.1. The van der Waals surface area contributed by atoms with Gasteiger partial charge in [0, 0.05) is 23.5 Å². The molecule has 2 aromatic carbocycles. The number of aromatic nitrogens is 1. The van der Waals surface area contributed by atoms with Crippen LogP contribution in [0.25, 0.3) is 0 Å². The second-order valence-corrected chi connectivity index (χ2v) is 15.8. The molecule has 316 valence electrons. The molecule has 3 aliphatic rings. The fourth-order valence-electron chi connectivity index (χ4n) is 7.73. The van der Waals surface area contributed by atoms with Crippen molar-refractivity contribution in [1.82, 2.24) is 15.2 Å². The normalized spacial score (nSPS) is 20.4. The Bertz CT molecular complexity index is 2110. The van der Waals surface area contributed by atoms with Crippen LogP contribution in [-0.4, -0.2) is 76.3 Å². The molecule has 1 aromatic heterocycles. The van der Waals surface area contributed by atoms with Crippen LogP contribution in [-0.2, 0) is 31.8 Å². The maximum atomic E-state index is 13.7. The van der Waals surface area contributed by atoms with Crippen molar-refractivity contribution in [2.45, 2.75) is 95.5 Å². The van der Waals surface area contributed by atoms with Crippen LogP contribution in [0.4, 0.5) is 35.9 Å². The van der Waals surface area contributed by atoms with Crippen LogP contribution in [0, 0.1) is 17.2 Å². The summed E-state index contributed by atoms with van der Waals surface area (Å²) in [5.41, 5.74) is -1.45. The molecule has 0 unspecified atom stereocenters. The number of halogens is 4. The van der Waals surface area contributed by atoms with Crippen LogP contribution in [0.15, 0.2) is 54.7 Å². The molecule has 3 N–H and O–H groups in total. The van der Waals surface area contributed by atoms with Crippen molar-refractivity contribution < 1.29 is 37.1 Å². The lowest BCUT2D eigenvalue weighted by atomic mass is 9.93. The van der Waals surface area contributed by atoms with Crippen LogP contribution in [0.3, 0.4) is 0 Å². The number of carbonyl (C=O) groups excluding carboxylic acids is 4. The van der Waals surface area contributed by atoms with Crippen molar-refractivity contribution in [3.05, 3.63) is 71.5 Å². The van der Waals surface area contributed by atoms with Gasteiger partial charge >= 0.3 is 6.18 Å². The first-order chi connectivity index (χ1) is 27.5. The van der Waals surface area contributed by atoms with E-state index in [0.717, 1.165) is 55.1 Å². The number of benzene rings is 2. The maximum Gasteiger partial charge on any atom is 0.419 e. The van der Waals surface area contributed by atoms with E-state index in [4.69, 9.17) is 17.4 Å². The van der Waals surface area contributed by atoms with E-state index < -0.39 is 40.4 Å². The zero-order chi connectivity index (χ0) is 41.9. The van der Waals surface area contributed by atoms with E-state index in [-0.39, 0.29) is 48.3 Å². The molecule has 3 atom stereocenters. The number of thiol groups is 1. The van der Waals surface area contributed by atoms with Gasteiger partial charge in [0.25, 0.3) is 5.91 Å². The van der Waals surface area contributed by atoms with Crippen LogP contribution in [0.2, 0.25) is 0 Å². The van der Waals surface area contributed by atoms with E-state index in [1.165, 1.54) is 6.07 Å². The number of alkyl halides is 3. The molecule has 13 nitrogen and oxygen atoms in total. The third-order valence-corrected chi connectivity index (χ3v) is 11.6. The third kappa shape index (κ3) is 9.88. The Balaban J connectivity index is 0.00000661. The highest BCUT2D eigenvalue weighted by atomic mass is 35.5. The number of imide groups is 1. The van der Waals surface area contributed by atoms with Crippen LogP contribution >= 0.6 is 25.0 Å². The average molecular weight is 857 g/mol. The SMILES string of the molecule is CCc1cc(N2[C@@H](S)N(c3cnc(C#N)c(C(F)(F)F)c3)C(=O)C2(C)C)ccc1OCCC1CCN([C@H](C)C(=O)Nc2cccc(N[C@H]3CCC(=O)NC3=O)c2)CC1.Cl. The predicted octanol–water partition coefficient (Wildman–Crippen LogP) is 6.53. The number of nitrogens with one attached hydrogen (secondary N) is 3. The molecule has 4 amide bonds. The number of aryl methyl sites for hydroxylation is 1. The first kappa shape index (κ1) is 45.0. The molecule has 6 rings (SSSR count). The zero-order valence-electron chi connectivity index (χ0n) is 33.1. The fourth-order valence-corrected chi connectivity index (χ4v) is 8.39. The predicted molar refractivity (Wildman–Crippen MR) is 223 cm³/mol. The first-order valence-electron chi connectivity index (χ1n) is 19.3. The smallest absolute Gasteiger partial charge is 0.419 e. The number of nitriles is 1. The van der Waals surface area contributed by atoms with E-state index in [1.54, 1.807) is 43.0 Å². The molecule has 3 fully saturated rings. The Labute approximate surface area is 352 Å². The molecule has 0 bridgehead atoms. The maximum absolute atomic E-state index is 13.7. The Hall–Kier alpha value is -5.05. The fraction of sp³-hybridized carbons (Fsp3) is 0.463. The lowest BCUT2D eigenvalue weighted by Gasteiger charge is -2.35. The highest BCUT2D eigenvalue weighted by Crippen LogP contribution is 2.43. The van der Waals surface area contributed by atoms with Crippen molar-refractivity contribution in [1.29, 1.82) is 5.26 Å². The average Bonchev–Trinajstić information content (AvgIpc) is 3.37. The molecule has 0 aliphatic carbocycles. The Morgan fingerprint density at radius 2 is 1.80 bits per heavy atom. The molecule has 3 saturated heterocycles. The summed E-state index contributed by atoms with van der Waals surface area (Å²) in [4.78, 5) is 59.3. The van der Waals surface area contributed by atoms with E-state index in [9.17, 15) is 37.6 Å². The van der Waals surface area contributed by atoms with Gasteiger partial charge in [0.05, 0.1) is 30.1 Å². The summed E-state index contributed by atoms with van der Waals surface area (Å²) >= 11 is 4.70. The highest BCUT2D eigenvalue weighted by Gasteiger charge is 2.52. The second kappa shape index (κ2) is 18.5. The second-order valence-electron chi connectivity index (χ2n) is 15.3. The quantitative estimate of drug-likeness (QED) is 0.117. The molecular formula is C41H48ClF3N8O5S. The molecule has 0 spiro atoms. The zero-order valence-corrected chi connectivity index (χ0v) is 34.8. The standard InChI is InChI=1S/C41H47F3N8O5S.ClH/c1-5-26-19-29(52-39(58)51(38(56)40(52,3)4)30-21-31(41(42,43)44)33(22-45)46-23-30)9-11-34(26)57-18-15-25-13-16-50(17-14-25)24(2)36(54)48-28-8-6-7-27(20-28)47-32-10-12-35(53)49-37(32)55;/h6-9,11,19-21,23-25,32,39,47,58H,5,10,12-18H2,1-4H3,(H,48,54)(H,49,53,55);1H/t24-,32+,39+;/m1./s1. The summed E-state index contributed by atoms with van der Waals surface area (Å²) in [5, 5.41) is 17.6. The van der Waals surface area contributed by atoms with Gasteiger partial charge in [0.15, 0.2) is 11.2 Å². The van der Waals surface area contributed by atoms with Crippen molar-refractivity contribution >= 4 is 71.4 Å². The number of anilines is 4. The monoisotopic (exact) mass is 856 g/mol. The van der Waals surface area contributed by atoms with Gasteiger partial charge in [-0.05, 0) is 120 Å². The highest BCUT2D eigenvalue weighted by molar-refractivity contribution is 7.81. The van der Waals surface area contributed by atoms with Crippen molar-refractivity contribution in [3.8, 4) is 11.8 Å². The van der Waals surface area contributed by atoms with Gasteiger partial charge in [0.1, 0.15) is 23.4 Å². The minimum atomic E-state index is -4.84. The lowest BCUT2D eigenvalue weighted by molar-refractivity contribution is -0.138. The van der Waals surface area contributed by atoms with Gasteiger partial charge < -0.3 is 20.3 Å². The molecule has 4 heterocycles.